The molecule has 27 heavy (non-hydrogen) atoms. The van der Waals surface area contributed by atoms with Crippen LogP contribution in [0, 0.1) is 0 Å². The predicted octanol–water partition coefficient (Wildman–Crippen LogP) is 2.60. The van der Waals surface area contributed by atoms with Gasteiger partial charge in [0.15, 0.2) is 11.6 Å². The molecule has 2 atom stereocenters. The fourth-order valence-corrected chi connectivity index (χ4v) is 4.01. The van der Waals surface area contributed by atoms with Crippen LogP contribution in [0.25, 0.3) is 0 Å². The fraction of sp³-hybridized carbons (Fsp3) is 0.556. The van der Waals surface area contributed by atoms with E-state index in [-0.39, 0.29) is 24.1 Å². The number of aliphatic hydroxyl groups is 1. The molecule has 2 aromatic rings. The van der Waals surface area contributed by atoms with Crippen LogP contribution in [0.2, 0.25) is 0 Å². The number of nitrogens with zero attached hydrogens (tertiary/aromatic N) is 4. The molecule has 0 aliphatic heterocycles. The molecule has 0 saturated heterocycles. The van der Waals surface area contributed by atoms with Gasteiger partial charge in [0, 0.05) is 35.5 Å². The molecule has 2 saturated carbocycles. The summed E-state index contributed by atoms with van der Waals surface area (Å²) in [4.78, 5) is 21.6. The van der Waals surface area contributed by atoms with Gasteiger partial charge in [-0.3, -0.25) is 10.00 Å². The molecule has 0 radical (unpaired) electrons. The van der Waals surface area contributed by atoms with Crippen molar-refractivity contribution in [2.24, 2.45) is 0 Å². The fourth-order valence-electron chi connectivity index (χ4n) is 4.01. The van der Waals surface area contributed by atoms with Gasteiger partial charge in [0.2, 0.25) is 0 Å². The largest absolute Gasteiger partial charge is 0.465 e. The first-order chi connectivity index (χ1) is 13.0. The molecule has 9 nitrogen and oxygen atoms in total. The molecular weight excluding hydrogens is 348 g/mol. The summed E-state index contributed by atoms with van der Waals surface area (Å²) in [5, 5.41) is 29.2. The summed E-state index contributed by atoms with van der Waals surface area (Å²) in [6.07, 6.45) is 5.30. The molecule has 0 aromatic carbocycles. The van der Waals surface area contributed by atoms with E-state index in [9.17, 15) is 9.90 Å². The van der Waals surface area contributed by atoms with Crippen molar-refractivity contribution in [2.75, 3.05) is 5.32 Å². The summed E-state index contributed by atoms with van der Waals surface area (Å²) in [7, 11) is 0. The first-order valence-corrected chi connectivity index (χ1v) is 9.26. The molecule has 0 unspecified atom stereocenters. The van der Waals surface area contributed by atoms with Crippen molar-refractivity contribution in [3.05, 3.63) is 29.8 Å². The summed E-state index contributed by atoms with van der Waals surface area (Å²) in [6, 6.07) is 3.71. The number of rotatable bonds is 6. The minimum absolute atomic E-state index is 0.0636. The van der Waals surface area contributed by atoms with Crippen LogP contribution >= 0.6 is 0 Å². The van der Waals surface area contributed by atoms with E-state index in [1.165, 1.54) is 0 Å². The van der Waals surface area contributed by atoms with Gasteiger partial charge in [0.1, 0.15) is 12.4 Å². The van der Waals surface area contributed by atoms with E-state index in [1.54, 1.807) is 17.2 Å². The molecule has 4 N–H and O–H groups in total. The number of amides is 1. The predicted molar refractivity (Wildman–Crippen MR) is 97.7 cm³/mol. The summed E-state index contributed by atoms with van der Waals surface area (Å²) < 4.78 is 0. The quantitative estimate of drug-likeness (QED) is 0.614. The number of nitrogens with one attached hydrogen (secondary N) is 2. The van der Waals surface area contributed by atoms with E-state index < -0.39 is 6.09 Å². The van der Waals surface area contributed by atoms with Gasteiger partial charge in [-0.1, -0.05) is 0 Å². The monoisotopic (exact) mass is 372 g/mol. The molecule has 9 heteroatoms. The normalized spacial score (nSPS) is 23.2. The molecule has 1 amide bonds. The Balaban J connectivity index is 1.42. The van der Waals surface area contributed by atoms with Crippen LogP contribution in [0.4, 0.5) is 16.4 Å². The van der Waals surface area contributed by atoms with Gasteiger partial charge in [-0.15, -0.1) is 0 Å². The van der Waals surface area contributed by atoms with Crippen molar-refractivity contribution in [1.29, 1.82) is 0 Å². The zero-order valence-electron chi connectivity index (χ0n) is 15.2. The van der Waals surface area contributed by atoms with Crippen molar-refractivity contribution in [3.63, 3.8) is 0 Å². The van der Waals surface area contributed by atoms with Crippen LogP contribution in [0.15, 0.2) is 18.3 Å². The van der Waals surface area contributed by atoms with Crippen LogP contribution in [0.5, 0.6) is 0 Å². The van der Waals surface area contributed by atoms with E-state index in [2.05, 4.69) is 25.5 Å². The lowest BCUT2D eigenvalue weighted by molar-refractivity contribution is 0.0955. The number of H-pyrrole nitrogens is 1. The third-order valence-corrected chi connectivity index (χ3v) is 5.67. The third kappa shape index (κ3) is 3.59. The Hall–Kier alpha value is -2.68. The second kappa shape index (κ2) is 6.80. The SMILES string of the molecule is CC1(N(C(=O)O)[C@@H]2CC[C@H](c3cc(Nc4ccnc(CO)n4)n[nH]3)C2)CC1. The highest BCUT2D eigenvalue weighted by molar-refractivity contribution is 5.67. The Labute approximate surface area is 156 Å². The van der Waals surface area contributed by atoms with Gasteiger partial charge in [-0.05, 0) is 45.1 Å². The van der Waals surface area contributed by atoms with Crippen molar-refractivity contribution in [1.82, 2.24) is 25.1 Å². The zero-order chi connectivity index (χ0) is 19.0. The Kier molecular flexibility index (Phi) is 4.47. The Morgan fingerprint density at radius 2 is 2.22 bits per heavy atom. The molecule has 2 fully saturated rings. The standard InChI is InChI=1S/C18H24N6O3/c1-18(5-6-18)24(17(26)27)12-3-2-11(8-12)13-9-15(23-22-13)20-14-4-7-19-16(10-25)21-14/h4,7,9,11-12,25H,2-3,5-6,8,10H2,1H3,(H,26,27)(H2,19,20,21,22,23)/t11-,12+/m0/s1. The number of hydrogen-bond donors (Lipinski definition) is 4. The van der Waals surface area contributed by atoms with Crippen LogP contribution in [0.3, 0.4) is 0 Å². The van der Waals surface area contributed by atoms with E-state index in [0.717, 1.165) is 37.8 Å². The summed E-state index contributed by atoms with van der Waals surface area (Å²) in [5.74, 6) is 1.81. The van der Waals surface area contributed by atoms with Crippen molar-refractivity contribution in [3.8, 4) is 0 Å². The van der Waals surface area contributed by atoms with Gasteiger partial charge in [0.05, 0.1) is 0 Å². The van der Waals surface area contributed by atoms with Gasteiger partial charge >= 0.3 is 6.09 Å². The topological polar surface area (TPSA) is 127 Å². The Morgan fingerprint density at radius 1 is 1.41 bits per heavy atom. The number of aromatic nitrogens is 4. The van der Waals surface area contributed by atoms with Crippen LogP contribution < -0.4 is 5.32 Å². The average Bonchev–Trinajstić information content (AvgIpc) is 3.03. The van der Waals surface area contributed by atoms with Gasteiger partial charge in [-0.25, -0.2) is 14.8 Å². The van der Waals surface area contributed by atoms with Crippen molar-refractivity contribution >= 4 is 17.7 Å². The lowest BCUT2D eigenvalue weighted by Crippen LogP contribution is -2.45. The smallest absolute Gasteiger partial charge is 0.408 e. The highest BCUT2D eigenvalue weighted by Crippen LogP contribution is 2.47. The Bertz CT molecular complexity index is 834. The highest BCUT2D eigenvalue weighted by Gasteiger charge is 2.50. The maximum absolute atomic E-state index is 11.7. The van der Waals surface area contributed by atoms with Crippen LogP contribution in [-0.2, 0) is 6.61 Å². The molecule has 2 heterocycles. The summed E-state index contributed by atoms with van der Waals surface area (Å²) in [5.41, 5.74) is 0.825. The highest BCUT2D eigenvalue weighted by atomic mass is 16.4. The number of anilines is 2. The average molecular weight is 372 g/mol. The lowest BCUT2D eigenvalue weighted by atomic mass is 10.0. The first-order valence-electron chi connectivity index (χ1n) is 9.26. The minimum Gasteiger partial charge on any atom is -0.465 e. The maximum Gasteiger partial charge on any atom is 0.408 e. The summed E-state index contributed by atoms with van der Waals surface area (Å²) >= 11 is 0. The second-order valence-electron chi connectivity index (χ2n) is 7.66. The van der Waals surface area contributed by atoms with Crippen LogP contribution in [0.1, 0.15) is 56.5 Å². The van der Waals surface area contributed by atoms with Gasteiger partial charge in [0.25, 0.3) is 0 Å². The molecule has 2 aliphatic rings. The Morgan fingerprint density at radius 3 is 2.93 bits per heavy atom. The van der Waals surface area contributed by atoms with E-state index in [4.69, 9.17) is 5.11 Å². The molecule has 4 rings (SSSR count). The van der Waals surface area contributed by atoms with Gasteiger partial charge in [-0.2, -0.15) is 5.10 Å². The van der Waals surface area contributed by atoms with E-state index in [0.29, 0.717) is 17.5 Å². The first kappa shape index (κ1) is 17.7. The number of hydrogen-bond acceptors (Lipinski definition) is 6. The van der Waals surface area contributed by atoms with Crippen LogP contribution in [-0.4, -0.2) is 53.0 Å². The second-order valence-corrected chi connectivity index (χ2v) is 7.66. The third-order valence-electron chi connectivity index (χ3n) is 5.67. The molecular formula is C18H24N6O3. The minimum atomic E-state index is -0.809. The van der Waals surface area contributed by atoms with Gasteiger partial charge < -0.3 is 15.5 Å². The lowest BCUT2D eigenvalue weighted by Gasteiger charge is -2.32. The van der Waals surface area contributed by atoms with E-state index in [1.807, 2.05) is 13.0 Å². The molecule has 2 aromatic heterocycles. The summed E-state index contributed by atoms with van der Waals surface area (Å²) in [6.45, 7) is 1.82. The number of aromatic amines is 1. The molecule has 0 spiro atoms. The number of carboxylic acid groups (broad SMARTS) is 1. The molecule has 144 valence electrons. The maximum atomic E-state index is 11.7. The van der Waals surface area contributed by atoms with Crippen molar-refractivity contribution in [2.45, 2.75) is 63.1 Å². The zero-order valence-corrected chi connectivity index (χ0v) is 15.2. The number of aliphatic hydroxyl groups excluding tert-OH is 1. The van der Waals surface area contributed by atoms with E-state index >= 15 is 0 Å². The molecule has 2 aliphatic carbocycles. The molecule has 0 bridgehead atoms. The van der Waals surface area contributed by atoms with Crippen molar-refractivity contribution < 1.29 is 15.0 Å². The number of carbonyl (C=O) groups is 1.